The Labute approximate surface area is 159 Å². The van der Waals surface area contributed by atoms with Crippen molar-refractivity contribution in [2.75, 3.05) is 13.7 Å². The molecule has 1 saturated heterocycles. The van der Waals surface area contributed by atoms with Crippen LogP contribution < -0.4 is 10.1 Å². The maximum atomic E-state index is 12.5. The smallest absolute Gasteiger partial charge is 0.410 e. The first kappa shape index (κ1) is 18.8. The second kappa shape index (κ2) is 9.07. The van der Waals surface area contributed by atoms with Crippen LogP contribution in [0, 0.1) is 0 Å². The number of carbonyl (C=O) groups is 2. The predicted molar refractivity (Wildman–Crippen MR) is 101 cm³/mol. The Morgan fingerprint density at radius 2 is 1.81 bits per heavy atom. The van der Waals surface area contributed by atoms with Crippen molar-refractivity contribution >= 4 is 12.0 Å². The molecular weight excluding hydrogens is 344 g/mol. The quantitative estimate of drug-likeness (QED) is 0.851. The summed E-state index contributed by atoms with van der Waals surface area (Å²) in [4.78, 5) is 26.5. The van der Waals surface area contributed by atoms with Crippen LogP contribution in [-0.4, -0.2) is 36.6 Å². The van der Waals surface area contributed by atoms with Gasteiger partial charge in [0.2, 0.25) is 5.91 Å². The summed E-state index contributed by atoms with van der Waals surface area (Å²) in [7, 11) is 1.61. The molecule has 0 radical (unpaired) electrons. The van der Waals surface area contributed by atoms with Crippen LogP contribution in [0.1, 0.15) is 24.0 Å². The van der Waals surface area contributed by atoms with Gasteiger partial charge in [-0.25, -0.2) is 4.79 Å². The number of hydrogen-bond acceptors (Lipinski definition) is 4. The van der Waals surface area contributed by atoms with Crippen LogP contribution in [0.5, 0.6) is 5.75 Å². The first-order valence-electron chi connectivity index (χ1n) is 9.05. The van der Waals surface area contributed by atoms with Crippen molar-refractivity contribution in [2.24, 2.45) is 0 Å². The molecule has 1 atom stereocenters. The summed E-state index contributed by atoms with van der Waals surface area (Å²) >= 11 is 0. The summed E-state index contributed by atoms with van der Waals surface area (Å²) < 4.78 is 10.5. The summed E-state index contributed by atoms with van der Waals surface area (Å²) in [5, 5.41) is 2.91. The van der Waals surface area contributed by atoms with Crippen molar-refractivity contribution in [3.63, 3.8) is 0 Å². The van der Waals surface area contributed by atoms with Crippen LogP contribution in [0.4, 0.5) is 4.79 Å². The van der Waals surface area contributed by atoms with Crippen molar-refractivity contribution in [1.29, 1.82) is 0 Å². The van der Waals surface area contributed by atoms with Crippen LogP contribution in [0.25, 0.3) is 0 Å². The highest BCUT2D eigenvalue weighted by molar-refractivity contribution is 5.86. The number of nitrogens with one attached hydrogen (secondary N) is 1. The molecule has 1 aliphatic rings. The molecular formula is C21H24N2O4. The molecule has 0 aliphatic carbocycles. The van der Waals surface area contributed by atoms with E-state index in [9.17, 15) is 9.59 Å². The Morgan fingerprint density at radius 3 is 2.52 bits per heavy atom. The molecule has 2 amide bonds. The maximum Gasteiger partial charge on any atom is 0.410 e. The molecule has 1 heterocycles. The number of rotatable bonds is 6. The SMILES string of the molecule is COc1ccc(CNC(=O)C2CCCN2C(=O)OCc2ccccc2)cc1. The van der Waals surface area contributed by atoms with Crippen molar-refractivity contribution < 1.29 is 19.1 Å². The summed E-state index contributed by atoms with van der Waals surface area (Å²) in [6, 6.07) is 16.5. The zero-order valence-electron chi connectivity index (χ0n) is 15.4. The van der Waals surface area contributed by atoms with E-state index in [2.05, 4.69) is 5.32 Å². The number of likely N-dealkylation sites (tertiary alicyclic amines) is 1. The number of ether oxygens (including phenoxy) is 2. The third-order valence-electron chi connectivity index (χ3n) is 4.62. The van der Waals surface area contributed by atoms with Gasteiger partial charge in [0.25, 0.3) is 0 Å². The van der Waals surface area contributed by atoms with Gasteiger partial charge in [0.15, 0.2) is 0 Å². The molecule has 2 aromatic rings. The molecule has 6 heteroatoms. The average Bonchev–Trinajstić information content (AvgIpc) is 3.21. The highest BCUT2D eigenvalue weighted by Crippen LogP contribution is 2.19. The normalized spacial score (nSPS) is 16.0. The van der Waals surface area contributed by atoms with E-state index in [1.165, 1.54) is 4.90 Å². The zero-order chi connectivity index (χ0) is 19.1. The van der Waals surface area contributed by atoms with Gasteiger partial charge in [-0.1, -0.05) is 42.5 Å². The van der Waals surface area contributed by atoms with E-state index in [0.29, 0.717) is 19.5 Å². The average molecular weight is 368 g/mol. The summed E-state index contributed by atoms with van der Waals surface area (Å²) in [6.07, 6.45) is 0.997. The van der Waals surface area contributed by atoms with Gasteiger partial charge in [-0.3, -0.25) is 9.69 Å². The molecule has 0 spiro atoms. The van der Waals surface area contributed by atoms with Crippen LogP contribution in [0.15, 0.2) is 54.6 Å². The first-order chi connectivity index (χ1) is 13.2. The monoisotopic (exact) mass is 368 g/mol. The number of carbonyl (C=O) groups excluding carboxylic acids is 2. The van der Waals surface area contributed by atoms with Gasteiger partial charge in [-0.05, 0) is 36.1 Å². The van der Waals surface area contributed by atoms with E-state index < -0.39 is 12.1 Å². The second-order valence-corrected chi connectivity index (χ2v) is 6.46. The Kier molecular flexibility index (Phi) is 6.30. The fourth-order valence-electron chi connectivity index (χ4n) is 3.11. The van der Waals surface area contributed by atoms with Crippen LogP contribution >= 0.6 is 0 Å². The Bertz CT molecular complexity index is 762. The van der Waals surface area contributed by atoms with Gasteiger partial charge in [0.1, 0.15) is 18.4 Å². The summed E-state index contributed by atoms with van der Waals surface area (Å²) in [6.45, 7) is 1.15. The van der Waals surface area contributed by atoms with Crippen molar-refractivity contribution in [3.8, 4) is 5.75 Å². The lowest BCUT2D eigenvalue weighted by Crippen LogP contribution is -2.45. The molecule has 1 N–H and O–H groups in total. The molecule has 0 aromatic heterocycles. The van der Waals surface area contributed by atoms with Crippen LogP contribution in [0.2, 0.25) is 0 Å². The highest BCUT2D eigenvalue weighted by Gasteiger charge is 2.34. The second-order valence-electron chi connectivity index (χ2n) is 6.46. The predicted octanol–water partition coefficient (Wildman–Crippen LogP) is 3.11. The number of benzene rings is 2. The minimum atomic E-state index is -0.480. The number of nitrogens with zero attached hydrogens (tertiary/aromatic N) is 1. The Balaban J connectivity index is 1.51. The third-order valence-corrected chi connectivity index (χ3v) is 4.62. The molecule has 1 aliphatic heterocycles. The van der Waals surface area contributed by atoms with E-state index in [1.54, 1.807) is 7.11 Å². The minimum absolute atomic E-state index is 0.153. The molecule has 1 fully saturated rings. The third kappa shape index (κ3) is 5.00. The molecule has 27 heavy (non-hydrogen) atoms. The lowest BCUT2D eigenvalue weighted by molar-refractivity contribution is -0.125. The molecule has 142 valence electrons. The number of hydrogen-bond donors (Lipinski definition) is 1. The van der Waals surface area contributed by atoms with Crippen LogP contribution in [-0.2, 0) is 22.7 Å². The van der Waals surface area contributed by atoms with E-state index in [4.69, 9.17) is 9.47 Å². The van der Waals surface area contributed by atoms with Gasteiger partial charge in [-0.15, -0.1) is 0 Å². The number of amides is 2. The fourth-order valence-corrected chi connectivity index (χ4v) is 3.11. The van der Waals surface area contributed by atoms with Gasteiger partial charge >= 0.3 is 6.09 Å². The summed E-state index contributed by atoms with van der Waals surface area (Å²) in [5.41, 5.74) is 1.89. The minimum Gasteiger partial charge on any atom is -0.497 e. The lowest BCUT2D eigenvalue weighted by atomic mass is 10.2. The molecule has 0 saturated carbocycles. The molecule has 2 aromatic carbocycles. The fraction of sp³-hybridized carbons (Fsp3) is 0.333. The Morgan fingerprint density at radius 1 is 1.07 bits per heavy atom. The van der Waals surface area contributed by atoms with Crippen molar-refractivity contribution in [2.45, 2.75) is 32.0 Å². The molecule has 1 unspecified atom stereocenters. The maximum absolute atomic E-state index is 12.5. The zero-order valence-corrected chi connectivity index (χ0v) is 15.4. The lowest BCUT2D eigenvalue weighted by Gasteiger charge is -2.23. The van der Waals surface area contributed by atoms with E-state index in [1.807, 2.05) is 54.6 Å². The van der Waals surface area contributed by atoms with Crippen molar-refractivity contribution in [3.05, 3.63) is 65.7 Å². The standard InChI is InChI=1S/C21H24N2O4/c1-26-18-11-9-16(10-12-18)14-22-20(24)19-8-5-13-23(19)21(25)27-15-17-6-3-2-4-7-17/h2-4,6-7,9-12,19H,5,8,13-15H2,1H3,(H,22,24). The Hall–Kier alpha value is -3.02. The van der Waals surface area contributed by atoms with Gasteiger partial charge in [0, 0.05) is 13.1 Å². The van der Waals surface area contributed by atoms with Crippen molar-refractivity contribution in [1.82, 2.24) is 10.2 Å². The molecule has 6 nitrogen and oxygen atoms in total. The van der Waals surface area contributed by atoms with E-state index in [0.717, 1.165) is 23.3 Å². The molecule has 3 rings (SSSR count). The summed E-state index contributed by atoms with van der Waals surface area (Å²) in [5.74, 6) is 0.619. The topological polar surface area (TPSA) is 67.9 Å². The molecule has 0 bridgehead atoms. The largest absolute Gasteiger partial charge is 0.497 e. The highest BCUT2D eigenvalue weighted by atomic mass is 16.6. The van der Waals surface area contributed by atoms with Gasteiger partial charge in [0.05, 0.1) is 7.11 Å². The number of methoxy groups -OCH3 is 1. The van der Waals surface area contributed by atoms with E-state index in [-0.39, 0.29) is 12.5 Å². The van der Waals surface area contributed by atoms with Gasteiger partial charge in [-0.2, -0.15) is 0 Å². The van der Waals surface area contributed by atoms with Gasteiger partial charge < -0.3 is 14.8 Å². The van der Waals surface area contributed by atoms with E-state index >= 15 is 0 Å². The van der Waals surface area contributed by atoms with Crippen LogP contribution in [0.3, 0.4) is 0 Å². The first-order valence-corrected chi connectivity index (χ1v) is 9.05.